The highest BCUT2D eigenvalue weighted by Gasteiger charge is 2.17. The maximum absolute atomic E-state index is 12.4. The van der Waals surface area contributed by atoms with Gasteiger partial charge in [0, 0.05) is 10.6 Å². The van der Waals surface area contributed by atoms with Crippen molar-refractivity contribution in [1.82, 2.24) is 0 Å². The standard InChI is InChI=1S/C14H12Cl2N2O3S/c1-8-2-4-10(7-12(8)16)22(20,21)18-13-6-9(14(17)19)3-5-11(13)15/h2-7,18H,1H3,(H2,17,19). The van der Waals surface area contributed by atoms with Gasteiger partial charge < -0.3 is 5.73 Å². The zero-order chi connectivity index (χ0) is 16.5. The second kappa shape index (κ2) is 6.16. The van der Waals surface area contributed by atoms with E-state index >= 15 is 0 Å². The van der Waals surface area contributed by atoms with Crippen LogP contribution < -0.4 is 10.5 Å². The van der Waals surface area contributed by atoms with Gasteiger partial charge >= 0.3 is 0 Å². The Morgan fingerprint density at radius 2 is 1.77 bits per heavy atom. The first-order valence-electron chi connectivity index (χ1n) is 6.09. The number of primary amides is 1. The molecule has 5 nitrogen and oxygen atoms in total. The van der Waals surface area contributed by atoms with Gasteiger partial charge in [0.1, 0.15) is 0 Å². The molecule has 0 radical (unpaired) electrons. The van der Waals surface area contributed by atoms with Gasteiger partial charge in [-0.1, -0.05) is 29.3 Å². The monoisotopic (exact) mass is 358 g/mol. The Labute approximate surface area is 138 Å². The fraction of sp³-hybridized carbons (Fsp3) is 0.0714. The molecule has 0 saturated heterocycles. The van der Waals surface area contributed by atoms with Gasteiger partial charge in [0.2, 0.25) is 5.91 Å². The first kappa shape index (κ1) is 16.6. The predicted molar refractivity (Wildman–Crippen MR) is 87.0 cm³/mol. The summed E-state index contributed by atoms with van der Waals surface area (Å²) in [5.41, 5.74) is 6.13. The van der Waals surface area contributed by atoms with Crippen LogP contribution in [0.2, 0.25) is 10.0 Å². The van der Waals surface area contributed by atoms with E-state index in [1.807, 2.05) is 0 Å². The fourth-order valence-corrected chi connectivity index (χ4v) is 3.26. The highest BCUT2D eigenvalue weighted by Crippen LogP contribution is 2.27. The van der Waals surface area contributed by atoms with Crippen LogP contribution in [0, 0.1) is 6.92 Å². The summed E-state index contributed by atoms with van der Waals surface area (Å²) in [5, 5.41) is 0.478. The summed E-state index contributed by atoms with van der Waals surface area (Å²) in [6.45, 7) is 1.76. The van der Waals surface area contributed by atoms with Crippen LogP contribution in [0.5, 0.6) is 0 Å². The molecule has 2 aromatic carbocycles. The molecule has 0 aromatic heterocycles. The Morgan fingerprint density at radius 1 is 1.09 bits per heavy atom. The van der Waals surface area contributed by atoms with Gasteiger partial charge in [-0.3, -0.25) is 9.52 Å². The lowest BCUT2D eigenvalue weighted by atomic mass is 10.2. The molecule has 3 N–H and O–H groups in total. The SMILES string of the molecule is Cc1ccc(S(=O)(=O)Nc2cc(C(N)=O)ccc2Cl)cc1Cl. The number of nitrogens with one attached hydrogen (secondary N) is 1. The van der Waals surface area contributed by atoms with E-state index in [9.17, 15) is 13.2 Å². The van der Waals surface area contributed by atoms with Gasteiger partial charge in [0.05, 0.1) is 15.6 Å². The summed E-state index contributed by atoms with van der Waals surface area (Å²) in [7, 11) is -3.89. The smallest absolute Gasteiger partial charge is 0.261 e. The third-order valence-electron chi connectivity index (χ3n) is 2.95. The Hall–Kier alpha value is -1.76. The molecule has 2 aromatic rings. The number of hydrogen-bond donors (Lipinski definition) is 2. The molecule has 0 spiro atoms. The van der Waals surface area contributed by atoms with Crippen LogP contribution in [0.3, 0.4) is 0 Å². The Kier molecular flexibility index (Phi) is 4.65. The summed E-state index contributed by atoms with van der Waals surface area (Å²) in [6.07, 6.45) is 0. The maximum Gasteiger partial charge on any atom is 0.261 e. The number of sulfonamides is 1. The molecule has 0 atom stereocenters. The molecule has 0 aliphatic rings. The van der Waals surface area contributed by atoms with Crippen LogP contribution in [0.1, 0.15) is 15.9 Å². The quantitative estimate of drug-likeness (QED) is 0.879. The van der Waals surface area contributed by atoms with E-state index in [2.05, 4.69) is 4.72 Å². The van der Waals surface area contributed by atoms with Crippen molar-refractivity contribution in [2.24, 2.45) is 5.73 Å². The zero-order valence-corrected chi connectivity index (χ0v) is 13.8. The van der Waals surface area contributed by atoms with Crippen LogP contribution >= 0.6 is 23.2 Å². The van der Waals surface area contributed by atoms with Crippen LogP contribution in [-0.4, -0.2) is 14.3 Å². The normalized spacial score (nSPS) is 11.2. The summed E-state index contributed by atoms with van der Waals surface area (Å²) in [5.74, 6) is -0.685. The number of anilines is 1. The molecule has 0 heterocycles. The fourth-order valence-electron chi connectivity index (χ4n) is 1.70. The molecule has 0 bridgehead atoms. The van der Waals surface area contributed by atoms with Crippen molar-refractivity contribution >= 4 is 44.8 Å². The number of carbonyl (C=O) groups excluding carboxylic acids is 1. The molecular weight excluding hydrogens is 347 g/mol. The number of nitrogens with two attached hydrogens (primary N) is 1. The van der Waals surface area contributed by atoms with Crippen molar-refractivity contribution in [3.8, 4) is 0 Å². The van der Waals surface area contributed by atoms with E-state index in [1.54, 1.807) is 13.0 Å². The van der Waals surface area contributed by atoms with Crippen LogP contribution in [0.25, 0.3) is 0 Å². The minimum atomic E-state index is -3.89. The second-order valence-corrected chi connectivity index (χ2v) is 7.07. The second-order valence-electron chi connectivity index (χ2n) is 4.58. The average molecular weight is 359 g/mol. The molecule has 116 valence electrons. The minimum absolute atomic E-state index is 0.0105. The first-order chi connectivity index (χ1) is 10.2. The number of halogens is 2. The molecular formula is C14H12Cl2N2O3S. The van der Waals surface area contributed by atoms with Crippen molar-refractivity contribution in [2.75, 3.05) is 4.72 Å². The zero-order valence-electron chi connectivity index (χ0n) is 11.4. The summed E-state index contributed by atoms with van der Waals surface area (Å²) in [4.78, 5) is 11.2. The van der Waals surface area contributed by atoms with Gasteiger partial charge in [0.15, 0.2) is 0 Å². The Morgan fingerprint density at radius 3 is 2.36 bits per heavy atom. The number of rotatable bonds is 4. The van der Waals surface area contributed by atoms with Crippen molar-refractivity contribution in [1.29, 1.82) is 0 Å². The third-order valence-corrected chi connectivity index (χ3v) is 5.05. The lowest BCUT2D eigenvalue weighted by Gasteiger charge is -2.11. The van der Waals surface area contributed by atoms with Crippen molar-refractivity contribution in [2.45, 2.75) is 11.8 Å². The number of aryl methyl sites for hydroxylation is 1. The predicted octanol–water partition coefficient (Wildman–Crippen LogP) is 3.20. The van der Waals surface area contributed by atoms with Gasteiger partial charge in [-0.15, -0.1) is 0 Å². The van der Waals surface area contributed by atoms with Crippen molar-refractivity contribution in [3.05, 3.63) is 57.6 Å². The van der Waals surface area contributed by atoms with Gasteiger partial charge in [0.25, 0.3) is 10.0 Å². The van der Waals surface area contributed by atoms with Gasteiger partial charge in [-0.25, -0.2) is 8.42 Å². The van der Waals surface area contributed by atoms with Crippen molar-refractivity contribution < 1.29 is 13.2 Å². The number of carbonyl (C=O) groups is 1. The maximum atomic E-state index is 12.4. The van der Waals surface area contributed by atoms with E-state index in [1.165, 1.54) is 30.3 Å². The van der Waals surface area contributed by atoms with Crippen LogP contribution in [0.4, 0.5) is 5.69 Å². The summed E-state index contributed by atoms with van der Waals surface area (Å²) in [6, 6.07) is 8.43. The minimum Gasteiger partial charge on any atom is -0.366 e. The number of amides is 1. The van der Waals surface area contributed by atoms with E-state index < -0.39 is 15.9 Å². The lowest BCUT2D eigenvalue weighted by molar-refractivity contribution is 0.100. The molecule has 0 fully saturated rings. The molecule has 0 aliphatic carbocycles. The van der Waals surface area contributed by atoms with Crippen LogP contribution in [-0.2, 0) is 10.0 Å². The largest absolute Gasteiger partial charge is 0.366 e. The van der Waals surface area contributed by atoms with E-state index in [-0.39, 0.29) is 21.2 Å². The van der Waals surface area contributed by atoms with Gasteiger partial charge in [-0.2, -0.15) is 0 Å². The Bertz CT molecular complexity index is 851. The summed E-state index contributed by atoms with van der Waals surface area (Å²) < 4.78 is 27.0. The molecule has 2 rings (SSSR count). The number of benzene rings is 2. The van der Waals surface area contributed by atoms with Crippen molar-refractivity contribution in [3.63, 3.8) is 0 Å². The lowest BCUT2D eigenvalue weighted by Crippen LogP contribution is -2.15. The highest BCUT2D eigenvalue weighted by atomic mass is 35.5. The molecule has 8 heteroatoms. The van der Waals surface area contributed by atoms with Gasteiger partial charge in [-0.05, 0) is 42.8 Å². The van der Waals surface area contributed by atoms with E-state index in [0.29, 0.717) is 5.02 Å². The van der Waals surface area contributed by atoms with E-state index in [0.717, 1.165) is 5.56 Å². The topological polar surface area (TPSA) is 89.3 Å². The molecule has 0 saturated carbocycles. The van der Waals surface area contributed by atoms with E-state index in [4.69, 9.17) is 28.9 Å². The summed E-state index contributed by atoms with van der Waals surface area (Å²) >= 11 is 11.9. The average Bonchev–Trinajstić information content (AvgIpc) is 2.43. The Balaban J connectivity index is 2.42. The highest BCUT2D eigenvalue weighted by molar-refractivity contribution is 7.92. The molecule has 0 unspecified atom stereocenters. The third kappa shape index (κ3) is 3.52. The molecule has 22 heavy (non-hydrogen) atoms. The molecule has 1 amide bonds. The van der Waals surface area contributed by atoms with Crippen LogP contribution in [0.15, 0.2) is 41.3 Å². The molecule has 0 aliphatic heterocycles. The number of hydrogen-bond acceptors (Lipinski definition) is 3. The first-order valence-corrected chi connectivity index (χ1v) is 8.33.